The molecule has 1 N–H and O–H groups in total. The van der Waals surface area contributed by atoms with E-state index in [1.807, 2.05) is 25.6 Å². The number of halogens is 1. The molecule has 1 aliphatic heterocycles. The second-order valence-corrected chi connectivity index (χ2v) is 7.76. The third-order valence-corrected chi connectivity index (χ3v) is 5.82. The number of hydrogen-bond donors (Lipinski definition) is 1. The van der Waals surface area contributed by atoms with Gasteiger partial charge in [-0.3, -0.25) is 0 Å². The van der Waals surface area contributed by atoms with Crippen LogP contribution < -0.4 is 5.32 Å². The summed E-state index contributed by atoms with van der Waals surface area (Å²) in [5.41, 5.74) is 2.95. The van der Waals surface area contributed by atoms with Crippen molar-refractivity contribution >= 4 is 11.8 Å². The third-order valence-electron chi connectivity index (χ3n) is 4.23. The lowest BCUT2D eigenvalue weighted by Gasteiger charge is -2.35. The van der Waals surface area contributed by atoms with Crippen LogP contribution in [0.4, 0.5) is 4.39 Å². The molecule has 2 atom stereocenters. The zero-order valence-electron chi connectivity index (χ0n) is 13.1. The van der Waals surface area contributed by atoms with Crippen LogP contribution in [0.5, 0.6) is 0 Å². The average Bonchev–Trinajstić information content (AvgIpc) is 2.80. The summed E-state index contributed by atoms with van der Waals surface area (Å²) in [6.45, 7) is 9.38. The summed E-state index contributed by atoms with van der Waals surface area (Å²) in [6, 6.07) is 3.88. The minimum atomic E-state index is -0.0511. The van der Waals surface area contributed by atoms with Crippen LogP contribution >= 0.6 is 11.8 Å². The standard InChI is InChI=1S/C17H26FNS/c1-5-8-19-16(17(4)7-6-9-20-17)15-13(3)10-12(2)11-14(15)18/h10-11,16,19H,5-9H2,1-4H3. The summed E-state index contributed by atoms with van der Waals surface area (Å²) in [7, 11) is 0. The number of nitrogens with one attached hydrogen (secondary N) is 1. The molecule has 1 aromatic rings. The van der Waals surface area contributed by atoms with Crippen LogP contribution in [-0.4, -0.2) is 17.0 Å². The highest BCUT2D eigenvalue weighted by Crippen LogP contribution is 2.47. The highest BCUT2D eigenvalue weighted by atomic mass is 32.2. The molecule has 0 bridgehead atoms. The number of rotatable bonds is 5. The van der Waals surface area contributed by atoms with Gasteiger partial charge in [-0.15, -0.1) is 0 Å². The summed E-state index contributed by atoms with van der Waals surface area (Å²) < 4.78 is 14.7. The van der Waals surface area contributed by atoms with Crippen molar-refractivity contribution in [2.24, 2.45) is 0 Å². The van der Waals surface area contributed by atoms with Gasteiger partial charge in [0.1, 0.15) is 5.82 Å². The molecule has 0 amide bonds. The van der Waals surface area contributed by atoms with Crippen molar-refractivity contribution in [1.82, 2.24) is 5.32 Å². The van der Waals surface area contributed by atoms with Gasteiger partial charge in [0, 0.05) is 16.4 Å². The quantitative estimate of drug-likeness (QED) is 0.840. The predicted octanol–water partition coefficient (Wildman–Crippen LogP) is 4.77. The maximum absolute atomic E-state index is 14.6. The minimum Gasteiger partial charge on any atom is -0.309 e. The number of aryl methyl sites for hydroxylation is 2. The summed E-state index contributed by atoms with van der Waals surface area (Å²) >= 11 is 1.99. The Morgan fingerprint density at radius 2 is 2.15 bits per heavy atom. The van der Waals surface area contributed by atoms with Gasteiger partial charge in [0.2, 0.25) is 0 Å². The molecule has 0 aromatic heterocycles. The van der Waals surface area contributed by atoms with Gasteiger partial charge in [-0.05, 0) is 69.5 Å². The molecule has 1 nitrogen and oxygen atoms in total. The Morgan fingerprint density at radius 1 is 1.40 bits per heavy atom. The van der Waals surface area contributed by atoms with Gasteiger partial charge < -0.3 is 5.32 Å². The molecule has 112 valence electrons. The predicted molar refractivity (Wildman–Crippen MR) is 87.0 cm³/mol. The first-order valence-corrected chi connectivity index (χ1v) is 8.60. The van der Waals surface area contributed by atoms with E-state index in [4.69, 9.17) is 0 Å². The molecule has 1 aliphatic rings. The van der Waals surface area contributed by atoms with Crippen LogP contribution in [-0.2, 0) is 0 Å². The van der Waals surface area contributed by atoms with Crippen molar-refractivity contribution in [2.75, 3.05) is 12.3 Å². The van der Waals surface area contributed by atoms with E-state index in [0.29, 0.717) is 0 Å². The summed E-state index contributed by atoms with van der Waals surface area (Å²) in [6.07, 6.45) is 3.47. The maximum atomic E-state index is 14.6. The molecule has 1 heterocycles. The van der Waals surface area contributed by atoms with Gasteiger partial charge in [0.15, 0.2) is 0 Å². The molecule has 2 unspecified atom stereocenters. The molecule has 1 saturated heterocycles. The largest absolute Gasteiger partial charge is 0.309 e. The Labute approximate surface area is 126 Å². The molecule has 1 fully saturated rings. The van der Waals surface area contributed by atoms with Crippen LogP contribution in [0, 0.1) is 19.7 Å². The van der Waals surface area contributed by atoms with E-state index < -0.39 is 0 Å². The fraction of sp³-hybridized carbons (Fsp3) is 0.647. The Hall–Kier alpha value is -0.540. The van der Waals surface area contributed by atoms with E-state index >= 15 is 0 Å². The molecule has 0 aliphatic carbocycles. The highest BCUT2D eigenvalue weighted by Gasteiger charge is 2.40. The monoisotopic (exact) mass is 295 g/mol. The van der Waals surface area contributed by atoms with Gasteiger partial charge in [-0.2, -0.15) is 11.8 Å². The summed E-state index contributed by atoms with van der Waals surface area (Å²) in [4.78, 5) is 0. The molecule has 20 heavy (non-hydrogen) atoms. The van der Waals surface area contributed by atoms with E-state index in [1.54, 1.807) is 6.07 Å². The zero-order chi connectivity index (χ0) is 14.8. The van der Waals surface area contributed by atoms with Crippen LogP contribution in [0.1, 0.15) is 55.8 Å². The van der Waals surface area contributed by atoms with Crippen LogP contribution in [0.15, 0.2) is 12.1 Å². The van der Waals surface area contributed by atoms with E-state index in [0.717, 1.165) is 36.1 Å². The van der Waals surface area contributed by atoms with Crippen molar-refractivity contribution in [2.45, 2.75) is 57.7 Å². The van der Waals surface area contributed by atoms with Crippen LogP contribution in [0.2, 0.25) is 0 Å². The van der Waals surface area contributed by atoms with Gasteiger partial charge in [0.05, 0.1) is 0 Å². The van der Waals surface area contributed by atoms with Gasteiger partial charge in [0.25, 0.3) is 0 Å². The molecule has 0 saturated carbocycles. The van der Waals surface area contributed by atoms with Crippen molar-refractivity contribution in [1.29, 1.82) is 0 Å². The van der Waals surface area contributed by atoms with E-state index in [-0.39, 0.29) is 16.6 Å². The van der Waals surface area contributed by atoms with E-state index in [1.165, 1.54) is 12.2 Å². The minimum absolute atomic E-state index is 0.0511. The maximum Gasteiger partial charge on any atom is 0.128 e. The molecular weight excluding hydrogens is 269 g/mol. The van der Waals surface area contributed by atoms with Crippen molar-refractivity contribution in [3.8, 4) is 0 Å². The smallest absolute Gasteiger partial charge is 0.128 e. The molecule has 1 aromatic carbocycles. The lowest BCUT2D eigenvalue weighted by atomic mass is 9.87. The lowest BCUT2D eigenvalue weighted by Crippen LogP contribution is -2.39. The second-order valence-electron chi connectivity index (χ2n) is 6.13. The molecule has 3 heteroatoms. The van der Waals surface area contributed by atoms with Crippen molar-refractivity contribution in [3.05, 3.63) is 34.6 Å². The Balaban J connectivity index is 2.41. The Bertz CT molecular complexity index is 443. The summed E-state index contributed by atoms with van der Waals surface area (Å²) in [5, 5.41) is 3.61. The first-order chi connectivity index (χ1) is 9.48. The Morgan fingerprint density at radius 3 is 2.70 bits per heavy atom. The summed E-state index contributed by atoms with van der Waals surface area (Å²) in [5.74, 6) is 1.14. The van der Waals surface area contributed by atoms with E-state index in [2.05, 4.69) is 25.2 Å². The van der Waals surface area contributed by atoms with Gasteiger partial charge in [-0.1, -0.05) is 13.0 Å². The lowest BCUT2D eigenvalue weighted by molar-refractivity contribution is 0.397. The van der Waals surface area contributed by atoms with Gasteiger partial charge >= 0.3 is 0 Å². The number of thioether (sulfide) groups is 1. The fourth-order valence-electron chi connectivity index (χ4n) is 3.23. The van der Waals surface area contributed by atoms with Crippen molar-refractivity contribution in [3.63, 3.8) is 0 Å². The highest BCUT2D eigenvalue weighted by molar-refractivity contribution is 8.00. The normalized spacial score (nSPS) is 24.1. The Kier molecular flexibility index (Phi) is 5.14. The molecule has 0 spiro atoms. The van der Waals surface area contributed by atoms with Crippen LogP contribution in [0.25, 0.3) is 0 Å². The SMILES string of the molecule is CCCNC(c1c(C)cc(C)cc1F)C1(C)CCCS1. The number of hydrogen-bond acceptors (Lipinski definition) is 2. The third kappa shape index (κ3) is 3.20. The molecule has 2 rings (SSSR count). The topological polar surface area (TPSA) is 12.0 Å². The number of benzene rings is 1. The van der Waals surface area contributed by atoms with Crippen LogP contribution in [0.3, 0.4) is 0 Å². The fourth-order valence-corrected chi connectivity index (χ4v) is 4.64. The zero-order valence-corrected chi connectivity index (χ0v) is 13.9. The van der Waals surface area contributed by atoms with Crippen molar-refractivity contribution < 1.29 is 4.39 Å². The second kappa shape index (κ2) is 6.48. The first-order valence-electron chi connectivity index (χ1n) is 7.62. The molecular formula is C17H26FNS. The first kappa shape index (κ1) is 15.8. The van der Waals surface area contributed by atoms with E-state index in [9.17, 15) is 4.39 Å². The van der Waals surface area contributed by atoms with Gasteiger partial charge in [-0.25, -0.2) is 4.39 Å². The molecule has 0 radical (unpaired) electrons. The average molecular weight is 295 g/mol.